The van der Waals surface area contributed by atoms with E-state index in [4.69, 9.17) is 10.5 Å². The highest BCUT2D eigenvalue weighted by Crippen LogP contribution is 2.26. The quantitative estimate of drug-likeness (QED) is 0.646. The van der Waals surface area contributed by atoms with Crippen LogP contribution in [0, 0.1) is 0 Å². The summed E-state index contributed by atoms with van der Waals surface area (Å²) < 4.78 is 6.37. The van der Waals surface area contributed by atoms with Gasteiger partial charge in [-0.2, -0.15) is 0 Å². The van der Waals surface area contributed by atoms with Gasteiger partial charge in [0, 0.05) is 24.2 Å². The standard InChI is InChI=1S/C12H19BrN2O/c1-3-15(7-8-16-4-2)12-6-5-10(13)9-11(12)14/h5-6,9H,3-4,7-8,14H2,1-2H3. The van der Waals surface area contributed by atoms with Crippen molar-refractivity contribution in [3.05, 3.63) is 22.7 Å². The molecule has 0 aliphatic heterocycles. The highest BCUT2D eigenvalue weighted by atomic mass is 79.9. The Morgan fingerprint density at radius 3 is 2.69 bits per heavy atom. The van der Waals surface area contributed by atoms with Crippen LogP contribution in [0.1, 0.15) is 13.8 Å². The molecular formula is C12H19BrN2O. The number of likely N-dealkylation sites (N-methyl/N-ethyl adjacent to an activating group) is 1. The van der Waals surface area contributed by atoms with Crippen LogP contribution in [0.2, 0.25) is 0 Å². The molecule has 1 aromatic rings. The fourth-order valence-electron chi connectivity index (χ4n) is 1.58. The molecule has 16 heavy (non-hydrogen) atoms. The highest BCUT2D eigenvalue weighted by molar-refractivity contribution is 9.10. The average molecular weight is 287 g/mol. The van der Waals surface area contributed by atoms with Crippen LogP contribution >= 0.6 is 15.9 Å². The molecule has 4 heteroatoms. The van der Waals surface area contributed by atoms with Gasteiger partial charge in [0.25, 0.3) is 0 Å². The van der Waals surface area contributed by atoms with Crippen molar-refractivity contribution in [2.45, 2.75) is 13.8 Å². The number of nitrogen functional groups attached to an aromatic ring is 1. The maximum absolute atomic E-state index is 5.99. The van der Waals surface area contributed by atoms with E-state index in [1.165, 1.54) is 0 Å². The fourth-order valence-corrected chi connectivity index (χ4v) is 1.96. The Bertz CT molecular complexity index is 331. The first-order chi connectivity index (χ1) is 7.69. The minimum absolute atomic E-state index is 0.736. The van der Waals surface area contributed by atoms with Crippen LogP contribution in [-0.4, -0.2) is 26.3 Å². The molecule has 0 unspecified atom stereocenters. The Hall–Kier alpha value is -0.740. The summed E-state index contributed by atoms with van der Waals surface area (Å²) in [5.74, 6) is 0. The van der Waals surface area contributed by atoms with Crippen molar-refractivity contribution < 1.29 is 4.74 Å². The van der Waals surface area contributed by atoms with E-state index in [1.807, 2.05) is 25.1 Å². The van der Waals surface area contributed by atoms with Gasteiger partial charge in [0.2, 0.25) is 0 Å². The van der Waals surface area contributed by atoms with Crippen molar-refractivity contribution >= 4 is 27.3 Å². The molecule has 0 radical (unpaired) electrons. The highest BCUT2D eigenvalue weighted by Gasteiger charge is 2.07. The first-order valence-corrected chi connectivity index (χ1v) is 6.36. The molecule has 0 atom stereocenters. The van der Waals surface area contributed by atoms with Gasteiger partial charge in [-0.3, -0.25) is 0 Å². The third-order valence-corrected chi connectivity index (χ3v) is 2.91. The fraction of sp³-hybridized carbons (Fsp3) is 0.500. The summed E-state index contributed by atoms with van der Waals surface area (Å²) in [7, 11) is 0. The van der Waals surface area contributed by atoms with Gasteiger partial charge in [-0.05, 0) is 32.0 Å². The van der Waals surface area contributed by atoms with Gasteiger partial charge in [0.1, 0.15) is 0 Å². The Morgan fingerprint density at radius 1 is 1.38 bits per heavy atom. The van der Waals surface area contributed by atoms with Crippen LogP contribution in [0.25, 0.3) is 0 Å². The minimum Gasteiger partial charge on any atom is -0.397 e. The van der Waals surface area contributed by atoms with Crippen molar-refractivity contribution in [2.75, 3.05) is 36.9 Å². The predicted molar refractivity (Wildman–Crippen MR) is 72.9 cm³/mol. The van der Waals surface area contributed by atoms with Crippen molar-refractivity contribution in [2.24, 2.45) is 0 Å². The third kappa shape index (κ3) is 3.68. The Labute approximate surface area is 106 Å². The molecule has 0 amide bonds. The van der Waals surface area contributed by atoms with Crippen LogP contribution in [0.15, 0.2) is 22.7 Å². The minimum atomic E-state index is 0.736. The van der Waals surface area contributed by atoms with E-state index >= 15 is 0 Å². The van der Waals surface area contributed by atoms with E-state index in [1.54, 1.807) is 0 Å². The van der Waals surface area contributed by atoms with Crippen LogP contribution in [0.3, 0.4) is 0 Å². The van der Waals surface area contributed by atoms with Crippen molar-refractivity contribution in [3.8, 4) is 0 Å². The van der Waals surface area contributed by atoms with E-state index in [-0.39, 0.29) is 0 Å². The number of anilines is 2. The van der Waals surface area contributed by atoms with Crippen LogP contribution in [0.4, 0.5) is 11.4 Å². The first-order valence-electron chi connectivity index (χ1n) is 5.56. The first kappa shape index (κ1) is 13.3. The number of hydrogen-bond acceptors (Lipinski definition) is 3. The van der Waals surface area contributed by atoms with Crippen LogP contribution in [-0.2, 0) is 4.74 Å². The summed E-state index contributed by atoms with van der Waals surface area (Å²) in [4.78, 5) is 2.22. The lowest BCUT2D eigenvalue weighted by Gasteiger charge is -2.24. The molecule has 0 aliphatic carbocycles. The molecule has 0 aliphatic rings. The average Bonchev–Trinajstić information content (AvgIpc) is 2.26. The van der Waals surface area contributed by atoms with Gasteiger partial charge in [0.05, 0.1) is 18.0 Å². The van der Waals surface area contributed by atoms with E-state index < -0.39 is 0 Å². The molecule has 2 N–H and O–H groups in total. The maximum atomic E-state index is 5.99. The summed E-state index contributed by atoms with van der Waals surface area (Å²) in [6.07, 6.45) is 0. The number of nitrogens with zero attached hydrogens (tertiary/aromatic N) is 1. The molecule has 1 rings (SSSR count). The molecule has 0 fully saturated rings. The molecule has 0 bridgehead atoms. The summed E-state index contributed by atoms with van der Waals surface area (Å²) in [5.41, 5.74) is 7.86. The van der Waals surface area contributed by atoms with Gasteiger partial charge in [-0.15, -0.1) is 0 Å². The molecule has 90 valence electrons. The number of nitrogens with two attached hydrogens (primary N) is 1. The van der Waals surface area contributed by atoms with E-state index in [0.29, 0.717) is 0 Å². The molecule has 0 saturated heterocycles. The predicted octanol–water partition coefficient (Wildman–Crippen LogP) is 2.89. The Balaban J connectivity index is 2.70. The van der Waals surface area contributed by atoms with E-state index in [2.05, 4.69) is 27.8 Å². The normalized spacial score (nSPS) is 10.4. The van der Waals surface area contributed by atoms with Gasteiger partial charge in [-0.25, -0.2) is 0 Å². The summed E-state index contributed by atoms with van der Waals surface area (Å²) in [5, 5.41) is 0. The van der Waals surface area contributed by atoms with Gasteiger partial charge in [0.15, 0.2) is 0 Å². The largest absolute Gasteiger partial charge is 0.397 e. The van der Waals surface area contributed by atoms with Gasteiger partial charge < -0.3 is 15.4 Å². The summed E-state index contributed by atoms with van der Waals surface area (Å²) >= 11 is 3.41. The number of halogens is 1. The zero-order valence-corrected chi connectivity index (χ0v) is 11.5. The lowest BCUT2D eigenvalue weighted by molar-refractivity contribution is 0.154. The zero-order valence-electron chi connectivity index (χ0n) is 9.87. The monoisotopic (exact) mass is 286 g/mol. The second kappa shape index (κ2) is 6.76. The Morgan fingerprint density at radius 2 is 2.12 bits per heavy atom. The number of ether oxygens (including phenoxy) is 1. The number of hydrogen-bond donors (Lipinski definition) is 1. The van der Waals surface area contributed by atoms with Gasteiger partial charge in [-0.1, -0.05) is 15.9 Å². The smallest absolute Gasteiger partial charge is 0.0641 e. The van der Waals surface area contributed by atoms with E-state index in [9.17, 15) is 0 Å². The zero-order chi connectivity index (χ0) is 12.0. The molecular weight excluding hydrogens is 268 g/mol. The van der Waals surface area contributed by atoms with Crippen molar-refractivity contribution in [3.63, 3.8) is 0 Å². The lowest BCUT2D eigenvalue weighted by Crippen LogP contribution is -2.27. The molecule has 0 saturated carbocycles. The Kier molecular flexibility index (Phi) is 5.63. The second-order valence-corrected chi connectivity index (χ2v) is 4.40. The summed E-state index contributed by atoms with van der Waals surface area (Å²) in [6.45, 7) is 7.42. The molecule has 0 aromatic heterocycles. The topological polar surface area (TPSA) is 38.5 Å². The third-order valence-electron chi connectivity index (χ3n) is 2.42. The SMILES string of the molecule is CCOCCN(CC)c1ccc(Br)cc1N. The number of rotatable bonds is 6. The van der Waals surface area contributed by atoms with Crippen molar-refractivity contribution in [1.29, 1.82) is 0 Å². The molecule has 0 spiro atoms. The van der Waals surface area contributed by atoms with Crippen molar-refractivity contribution in [1.82, 2.24) is 0 Å². The molecule has 0 heterocycles. The number of benzene rings is 1. The second-order valence-electron chi connectivity index (χ2n) is 3.48. The van der Waals surface area contributed by atoms with Crippen LogP contribution in [0.5, 0.6) is 0 Å². The van der Waals surface area contributed by atoms with E-state index in [0.717, 1.165) is 42.2 Å². The summed E-state index contributed by atoms with van der Waals surface area (Å²) in [6, 6.07) is 5.97. The van der Waals surface area contributed by atoms with Gasteiger partial charge >= 0.3 is 0 Å². The van der Waals surface area contributed by atoms with Crippen LogP contribution < -0.4 is 10.6 Å². The maximum Gasteiger partial charge on any atom is 0.0641 e. The lowest BCUT2D eigenvalue weighted by atomic mass is 10.2. The molecule has 3 nitrogen and oxygen atoms in total. The molecule has 1 aromatic carbocycles.